The quantitative estimate of drug-likeness (QED) is 0.186. The fraction of sp³-hybridized carbons (Fsp3) is 0.333. The van der Waals surface area contributed by atoms with Crippen LogP contribution in [0.1, 0.15) is 51.7 Å². The lowest BCUT2D eigenvalue weighted by molar-refractivity contribution is 0.0874. The Bertz CT molecular complexity index is 1730. The Labute approximate surface area is 255 Å². The number of hydrogen-bond acceptors (Lipinski definition) is 8. The first-order chi connectivity index (χ1) is 21.3. The first kappa shape index (κ1) is 30.4. The van der Waals surface area contributed by atoms with Crippen molar-refractivity contribution in [3.63, 3.8) is 0 Å². The summed E-state index contributed by atoms with van der Waals surface area (Å²) in [6.45, 7) is 8.91. The summed E-state index contributed by atoms with van der Waals surface area (Å²) in [5, 5.41) is 14.5. The fourth-order valence-corrected chi connectivity index (χ4v) is 4.53. The van der Waals surface area contributed by atoms with E-state index < -0.39 is 6.09 Å². The van der Waals surface area contributed by atoms with Crippen LogP contribution < -0.4 is 15.2 Å². The summed E-state index contributed by atoms with van der Waals surface area (Å²) in [6.07, 6.45) is 0.804. The van der Waals surface area contributed by atoms with E-state index >= 15 is 0 Å². The molecule has 1 amide bonds. The molecule has 1 N–H and O–H groups in total. The van der Waals surface area contributed by atoms with Gasteiger partial charge in [-0.05, 0) is 59.9 Å². The minimum atomic E-state index is -0.510. The number of aromatic amines is 1. The number of amides is 1. The van der Waals surface area contributed by atoms with Crippen LogP contribution >= 0.6 is 0 Å². The molecule has 11 heteroatoms. The first-order valence-corrected chi connectivity index (χ1v) is 14.9. The number of fused-ring (bicyclic) bond motifs is 1. The largest absolute Gasteiger partial charge is 0.489 e. The van der Waals surface area contributed by atoms with Gasteiger partial charge in [-0.25, -0.2) is 14.7 Å². The molecule has 5 rings (SSSR count). The van der Waals surface area contributed by atoms with Gasteiger partial charge in [-0.2, -0.15) is 5.21 Å². The number of ether oxygens (including phenoxy) is 2. The van der Waals surface area contributed by atoms with Crippen molar-refractivity contribution >= 4 is 22.9 Å². The van der Waals surface area contributed by atoms with Crippen LogP contribution in [0.3, 0.4) is 0 Å². The number of H-pyrrole nitrogens is 1. The zero-order valence-electron chi connectivity index (χ0n) is 25.4. The second kappa shape index (κ2) is 13.9. The molecule has 1 atom stereocenters. The standard InChI is InChI=1S/C33H37N7O4/c1-5-6-19-39(33(42)44-23(4)22(2)3)32-34-29-10-8-7-9-28(29)31(41)40(32)20-24-13-17-27(18-14-24)43-21-25-11-15-26(16-12-25)30-35-37-38-36-30/h7-18,22-23H,5-6,19-21H2,1-4H3,(H,35,36,37,38). The number of carbonyl (C=O) groups excluding carboxylic acids is 1. The van der Waals surface area contributed by atoms with E-state index in [0.717, 1.165) is 29.5 Å². The third kappa shape index (κ3) is 7.11. The maximum atomic E-state index is 13.8. The van der Waals surface area contributed by atoms with E-state index in [1.54, 1.807) is 16.7 Å². The lowest BCUT2D eigenvalue weighted by Gasteiger charge is -2.27. The van der Waals surface area contributed by atoms with E-state index in [2.05, 4.69) is 27.5 Å². The van der Waals surface area contributed by atoms with Gasteiger partial charge in [0.25, 0.3) is 5.56 Å². The predicted molar refractivity (Wildman–Crippen MR) is 169 cm³/mol. The molecule has 2 aromatic heterocycles. The Morgan fingerprint density at radius 2 is 1.70 bits per heavy atom. The van der Waals surface area contributed by atoms with E-state index in [0.29, 0.717) is 35.6 Å². The molecule has 3 aromatic carbocycles. The van der Waals surface area contributed by atoms with Gasteiger partial charge in [-0.1, -0.05) is 75.7 Å². The summed E-state index contributed by atoms with van der Waals surface area (Å²) in [5.74, 6) is 1.65. The third-order valence-corrected chi connectivity index (χ3v) is 7.49. The summed E-state index contributed by atoms with van der Waals surface area (Å²) >= 11 is 0. The number of para-hydroxylation sites is 1. The molecule has 0 saturated carbocycles. The van der Waals surface area contributed by atoms with Gasteiger partial charge in [0.05, 0.1) is 17.4 Å². The van der Waals surface area contributed by atoms with E-state index in [1.807, 2.05) is 81.4 Å². The first-order valence-electron chi connectivity index (χ1n) is 14.9. The van der Waals surface area contributed by atoms with Crippen LogP contribution in [0.5, 0.6) is 5.75 Å². The number of aromatic nitrogens is 6. The predicted octanol–water partition coefficient (Wildman–Crippen LogP) is 5.99. The van der Waals surface area contributed by atoms with Crippen LogP contribution in [0, 0.1) is 5.92 Å². The van der Waals surface area contributed by atoms with Crippen LogP contribution in [0.25, 0.3) is 22.3 Å². The van der Waals surface area contributed by atoms with Gasteiger partial charge < -0.3 is 9.47 Å². The van der Waals surface area contributed by atoms with E-state index in [9.17, 15) is 9.59 Å². The molecule has 0 fully saturated rings. The van der Waals surface area contributed by atoms with Gasteiger partial charge in [-0.15, -0.1) is 10.2 Å². The zero-order chi connectivity index (χ0) is 31.1. The van der Waals surface area contributed by atoms with Gasteiger partial charge in [0, 0.05) is 12.1 Å². The Hall–Kier alpha value is -5.06. The van der Waals surface area contributed by atoms with Gasteiger partial charge in [0.15, 0.2) is 0 Å². The van der Waals surface area contributed by atoms with Crippen molar-refractivity contribution in [3.8, 4) is 17.1 Å². The molecule has 11 nitrogen and oxygen atoms in total. The minimum absolute atomic E-state index is 0.149. The van der Waals surface area contributed by atoms with Crippen LogP contribution in [0.15, 0.2) is 77.6 Å². The summed E-state index contributed by atoms with van der Waals surface area (Å²) in [7, 11) is 0. The normalized spacial score (nSPS) is 11.9. The number of carbonyl (C=O) groups is 1. The molecule has 0 bridgehead atoms. The molecule has 0 saturated heterocycles. The second-order valence-corrected chi connectivity index (χ2v) is 11.0. The third-order valence-electron chi connectivity index (χ3n) is 7.49. The number of nitrogens with zero attached hydrogens (tertiary/aromatic N) is 6. The highest BCUT2D eigenvalue weighted by Crippen LogP contribution is 2.22. The number of unbranched alkanes of at least 4 members (excludes halogenated alkanes) is 1. The van der Waals surface area contributed by atoms with Crippen molar-refractivity contribution in [2.75, 3.05) is 11.4 Å². The molecule has 0 radical (unpaired) electrons. The monoisotopic (exact) mass is 595 g/mol. The number of anilines is 1. The van der Waals surface area contributed by atoms with Crippen molar-refractivity contribution in [3.05, 3.63) is 94.3 Å². The average Bonchev–Trinajstić information content (AvgIpc) is 3.58. The maximum Gasteiger partial charge on any atom is 0.416 e. The SMILES string of the molecule is CCCCN(C(=O)OC(C)C(C)C)c1nc2ccccc2c(=O)n1Cc1ccc(OCc2ccc(-c3nn[nH]n3)cc2)cc1. The number of benzene rings is 3. The number of tetrazole rings is 1. The highest BCUT2D eigenvalue weighted by molar-refractivity contribution is 5.87. The van der Waals surface area contributed by atoms with Crippen molar-refractivity contribution in [1.82, 2.24) is 30.2 Å². The van der Waals surface area contributed by atoms with Crippen molar-refractivity contribution in [2.45, 2.75) is 59.8 Å². The fourth-order valence-electron chi connectivity index (χ4n) is 4.53. The second-order valence-electron chi connectivity index (χ2n) is 11.0. The van der Waals surface area contributed by atoms with Gasteiger partial charge in [0.2, 0.25) is 11.8 Å². The lowest BCUT2D eigenvalue weighted by Crippen LogP contribution is -2.40. The Morgan fingerprint density at radius 3 is 2.39 bits per heavy atom. The summed E-state index contributed by atoms with van der Waals surface area (Å²) in [6, 6.07) is 22.5. The minimum Gasteiger partial charge on any atom is -0.489 e. The molecule has 5 aromatic rings. The number of nitrogens with one attached hydrogen (secondary N) is 1. The van der Waals surface area contributed by atoms with Crippen LogP contribution in [0.2, 0.25) is 0 Å². The van der Waals surface area contributed by atoms with Crippen molar-refractivity contribution < 1.29 is 14.3 Å². The molecule has 1 unspecified atom stereocenters. The summed E-state index contributed by atoms with van der Waals surface area (Å²) in [5.41, 5.74) is 3.03. The molecule has 44 heavy (non-hydrogen) atoms. The van der Waals surface area contributed by atoms with E-state index in [-0.39, 0.29) is 30.1 Å². The maximum absolute atomic E-state index is 13.8. The van der Waals surface area contributed by atoms with Crippen LogP contribution in [-0.4, -0.2) is 48.9 Å². The number of rotatable bonds is 12. The number of hydrogen-bond donors (Lipinski definition) is 1. The van der Waals surface area contributed by atoms with Crippen molar-refractivity contribution in [1.29, 1.82) is 0 Å². The average molecular weight is 596 g/mol. The van der Waals surface area contributed by atoms with Crippen LogP contribution in [0.4, 0.5) is 10.7 Å². The molecule has 2 heterocycles. The molecule has 0 aliphatic rings. The highest BCUT2D eigenvalue weighted by atomic mass is 16.6. The van der Waals surface area contributed by atoms with E-state index in [1.165, 1.54) is 4.90 Å². The summed E-state index contributed by atoms with van der Waals surface area (Å²) < 4.78 is 13.4. The zero-order valence-corrected chi connectivity index (χ0v) is 25.4. The Morgan fingerprint density at radius 1 is 0.977 bits per heavy atom. The topological polar surface area (TPSA) is 128 Å². The summed E-state index contributed by atoms with van der Waals surface area (Å²) in [4.78, 5) is 33.6. The molecule has 0 spiro atoms. The molecular weight excluding hydrogens is 558 g/mol. The highest BCUT2D eigenvalue weighted by Gasteiger charge is 2.26. The van der Waals surface area contributed by atoms with Gasteiger partial charge in [0.1, 0.15) is 18.5 Å². The molecule has 0 aliphatic carbocycles. The molecule has 0 aliphatic heterocycles. The Kier molecular flexibility index (Phi) is 9.63. The molecular formula is C33H37N7O4. The van der Waals surface area contributed by atoms with Crippen LogP contribution in [-0.2, 0) is 17.9 Å². The Balaban J connectivity index is 1.38. The van der Waals surface area contributed by atoms with Gasteiger partial charge >= 0.3 is 6.09 Å². The van der Waals surface area contributed by atoms with E-state index in [4.69, 9.17) is 14.5 Å². The van der Waals surface area contributed by atoms with Crippen molar-refractivity contribution in [2.24, 2.45) is 5.92 Å². The lowest BCUT2D eigenvalue weighted by atomic mass is 10.1. The smallest absolute Gasteiger partial charge is 0.416 e. The molecule has 228 valence electrons. The van der Waals surface area contributed by atoms with Gasteiger partial charge in [-0.3, -0.25) is 9.36 Å².